The summed E-state index contributed by atoms with van der Waals surface area (Å²) < 4.78 is 2.07. The fourth-order valence-electron chi connectivity index (χ4n) is 2.25. The first-order chi connectivity index (χ1) is 9.06. The van der Waals surface area contributed by atoms with Gasteiger partial charge in [-0.15, -0.1) is 0 Å². The fraction of sp³-hybridized carbons (Fsp3) is 0.133. The Kier molecular flexibility index (Phi) is 2.72. The Hall–Kier alpha value is -2.00. The minimum absolute atomic E-state index is 0.568. The van der Waals surface area contributed by atoms with Crippen LogP contribution in [0.15, 0.2) is 36.4 Å². The number of anilines is 1. The van der Waals surface area contributed by atoms with Crippen LogP contribution < -0.4 is 5.73 Å². The van der Waals surface area contributed by atoms with Crippen molar-refractivity contribution in [2.75, 3.05) is 5.73 Å². The number of halogens is 1. The summed E-state index contributed by atoms with van der Waals surface area (Å²) in [5.41, 5.74) is 10.7. The molecule has 3 rings (SSSR count). The molecule has 0 spiro atoms. The van der Waals surface area contributed by atoms with Gasteiger partial charge in [0, 0.05) is 12.6 Å². The first kappa shape index (κ1) is 12.1. The fourth-order valence-corrected chi connectivity index (χ4v) is 2.37. The monoisotopic (exact) mass is 271 g/mol. The quantitative estimate of drug-likeness (QED) is 0.685. The average molecular weight is 272 g/mol. The molecule has 1 heterocycles. The van der Waals surface area contributed by atoms with E-state index < -0.39 is 0 Å². The van der Waals surface area contributed by atoms with E-state index in [0.717, 1.165) is 22.4 Å². The van der Waals surface area contributed by atoms with Gasteiger partial charge in [0.2, 0.25) is 0 Å². The molecule has 0 amide bonds. The number of nitrogen functional groups attached to an aromatic ring is 1. The van der Waals surface area contributed by atoms with Gasteiger partial charge >= 0.3 is 0 Å². The van der Waals surface area contributed by atoms with E-state index in [-0.39, 0.29) is 0 Å². The van der Waals surface area contributed by atoms with E-state index >= 15 is 0 Å². The Morgan fingerprint density at radius 2 is 1.95 bits per heavy atom. The van der Waals surface area contributed by atoms with Gasteiger partial charge in [-0.2, -0.15) is 0 Å². The molecule has 4 heteroatoms. The third-order valence-corrected chi connectivity index (χ3v) is 3.63. The van der Waals surface area contributed by atoms with Gasteiger partial charge in [0.1, 0.15) is 5.82 Å². The summed E-state index contributed by atoms with van der Waals surface area (Å²) in [7, 11) is 2.00. The van der Waals surface area contributed by atoms with Gasteiger partial charge in [-0.05, 0) is 42.8 Å². The molecule has 0 aliphatic heterocycles. The summed E-state index contributed by atoms with van der Waals surface area (Å²) in [6.07, 6.45) is 0. The van der Waals surface area contributed by atoms with Crippen molar-refractivity contribution in [3.63, 3.8) is 0 Å². The van der Waals surface area contributed by atoms with Crippen molar-refractivity contribution in [1.82, 2.24) is 9.55 Å². The van der Waals surface area contributed by atoms with Gasteiger partial charge in [-0.25, -0.2) is 4.98 Å². The zero-order chi connectivity index (χ0) is 13.6. The zero-order valence-corrected chi connectivity index (χ0v) is 11.6. The number of nitrogens with zero attached hydrogens (tertiary/aromatic N) is 2. The van der Waals surface area contributed by atoms with Crippen molar-refractivity contribution in [1.29, 1.82) is 0 Å². The highest BCUT2D eigenvalue weighted by atomic mass is 35.5. The van der Waals surface area contributed by atoms with E-state index in [0.29, 0.717) is 10.7 Å². The van der Waals surface area contributed by atoms with E-state index in [9.17, 15) is 0 Å². The van der Waals surface area contributed by atoms with Crippen LogP contribution in [0.1, 0.15) is 5.56 Å². The second kappa shape index (κ2) is 4.28. The third-order valence-electron chi connectivity index (χ3n) is 3.29. The maximum Gasteiger partial charge on any atom is 0.140 e. The molecule has 0 fully saturated rings. The smallest absolute Gasteiger partial charge is 0.140 e. The summed E-state index contributed by atoms with van der Waals surface area (Å²) >= 11 is 5.96. The van der Waals surface area contributed by atoms with E-state index in [1.54, 1.807) is 6.07 Å². The largest absolute Gasteiger partial charge is 0.398 e. The summed E-state index contributed by atoms with van der Waals surface area (Å²) in [5, 5.41) is 0.568. The van der Waals surface area contributed by atoms with Crippen LogP contribution in [0, 0.1) is 6.92 Å². The standard InChI is InChI=1S/C15H14ClN3/c1-9-3-6-14-13(7-9)18-15(19(14)2)10-4-5-11(16)12(17)8-10/h3-8H,17H2,1-2H3. The van der Waals surface area contributed by atoms with Crippen LogP contribution >= 0.6 is 11.6 Å². The molecule has 0 unspecified atom stereocenters. The number of aryl methyl sites for hydroxylation is 2. The molecule has 2 N–H and O–H groups in total. The van der Waals surface area contributed by atoms with Gasteiger partial charge in [-0.3, -0.25) is 0 Å². The number of rotatable bonds is 1. The molecule has 0 bridgehead atoms. The average Bonchev–Trinajstić information content (AvgIpc) is 2.70. The van der Waals surface area contributed by atoms with Crippen molar-refractivity contribution in [3.8, 4) is 11.4 Å². The van der Waals surface area contributed by atoms with Crippen molar-refractivity contribution >= 4 is 28.3 Å². The molecule has 0 saturated heterocycles. The van der Waals surface area contributed by atoms with Crippen molar-refractivity contribution in [2.24, 2.45) is 7.05 Å². The van der Waals surface area contributed by atoms with Crippen LogP contribution in [0.5, 0.6) is 0 Å². The molecule has 1 aromatic heterocycles. The Labute approximate surface area is 116 Å². The maximum atomic E-state index is 5.96. The van der Waals surface area contributed by atoms with Crippen molar-refractivity contribution < 1.29 is 0 Å². The highest BCUT2D eigenvalue weighted by molar-refractivity contribution is 6.33. The summed E-state index contributed by atoms with van der Waals surface area (Å²) in [6.45, 7) is 2.06. The molecule has 0 aliphatic carbocycles. The molecule has 3 aromatic rings. The predicted molar refractivity (Wildman–Crippen MR) is 80.3 cm³/mol. The highest BCUT2D eigenvalue weighted by Gasteiger charge is 2.10. The maximum absolute atomic E-state index is 5.96. The van der Waals surface area contributed by atoms with Crippen molar-refractivity contribution in [2.45, 2.75) is 6.92 Å². The lowest BCUT2D eigenvalue weighted by Crippen LogP contribution is -1.94. The van der Waals surface area contributed by atoms with Gasteiger partial charge in [-0.1, -0.05) is 17.7 Å². The molecule has 0 radical (unpaired) electrons. The Bertz CT molecular complexity index is 774. The Balaban J connectivity index is 2.24. The molecule has 0 aliphatic rings. The van der Waals surface area contributed by atoms with E-state index in [2.05, 4.69) is 34.7 Å². The third kappa shape index (κ3) is 1.96. The van der Waals surface area contributed by atoms with E-state index in [1.807, 2.05) is 19.2 Å². The number of hydrogen-bond donors (Lipinski definition) is 1. The number of fused-ring (bicyclic) bond motifs is 1. The minimum Gasteiger partial charge on any atom is -0.398 e. The lowest BCUT2D eigenvalue weighted by Gasteiger charge is -2.04. The second-order valence-corrected chi connectivity index (χ2v) is 5.13. The molecule has 0 saturated carbocycles. The van der Waals surface area contributed by atoms with Crippen LogP contribution in [-0.2, 0) is 7.05 Å². The number of imidazole rings is 1. The van der Waals surface area contributed by atoms with Gasteiger partial charge in [0.15, 0.2) is 0 Å². The first-order valence-corrected chi connectivity index (χ1v) is 6.42. The zero-order valence-electron chi connectivity index (χ0n) is 10.8. The predicted octanol–water partition coefficient (Wildman–Crippen LogP) is 3.78. The van der Waals surface area contributed by atoms with Crippen LogP contribution in [0.3, 0.4) is 0 Å². The molecule has 0 atom stereocenters. The molecule has 2 aromatic carbocycles. The van der Waals surface area contributed by atoms with E-state index in [4.69, 9.17) is 17.3 Å². The SMILES string of the molecule is Cc1ccc2c(c1)nc(-c1ccc(Cl)c(N)c1)n2C. The second-order valence-electron chi connectivity index (χ2n) is 4.72. The van der Waals surface area contributed by atoms with Crippen LogP contribution in [-0.4, -0.2) is 9.55 Å². The molecule has 19 heavy (non-hydrogen) atoms. The Morgan fingerprint density at radius 1 is 1.16 bits per heavy atom. The molecule has 3 nitrogen and oxygen atoms in total. The number of hydrogen-bond acceptors (Lipinski definition) is 2. The molecular formula is C15H14ClN3. The molecule has 96 valence electrons. The summed E-state index contributed by atoms with van der Waals surface area (Å²) in [5.74, 6) is 0.893. The van der Waals surface area contributed by atoms with E-state index in [1.165, 1.54) is 5.56 Å². The number of nitrogens with two attached hydrogens (primary N) is 1. The van der Waals surface area contributed by atoms with Gasteiger partial charge in [0.05, 0.1) is 21.7 Å². The Morgan fingerprint density at radius 3 is 2.68 bits per heavy atom. The lowest BCUT2D eigenvalue weighted by atomic mass is 10.2. The van der Waals surface area contributed by atoms with Gasteiger partial charge < -0.3 is 10.3 Å². The van der Waals surface area contributed by atoms with Crippen LogP contribution in [0.2, 0.25) is 5.02 Å². The normalized spacial score (nSPS) is 11.1. The van der Waals surface area contributed by atoms with Crippen LogP contribution in [0.4, 0.5) is 5.69 Å². The highest BCUT2D eigenvalue weighted by Crippen LogP contribution is 2.28. The van der Waals surface area contributed by atoms with Gasteiger partial charge in [0.25, 0.3) is 0 Å². The number of aromatic nitrogens is 2. The summed E-state index contributed by atoms with van der Waals surface area (Å²) in [6, 6.07) is 11.8. The minimum atomic E-state index is 0.568. The van der Waals surface area contributed by atoms with Crippen molar-refractivity contribution in [3.05, 3.63) is 47.0 Å². The number of benzene rings is 2. The summed E-state index contributed by atoms with van der Waals surface area (Å²) in [4.78, 5) is 4.68. The topological polar surface area (TPSA) is 43.8 Å². The first-order valence-electron chi connectivity index (χ1n) is 6.05. The van der Waals surface area contributed by atoms with Crippen LogP contribution in [0.25, 0.3) is 22.4 Å². The lowest BCUT2D eigenvalue weighted by molar-refractivity contribution is 0.959. The molecular weight excluding hydrogens is 258 g/mol.